The standard InChI is InChI=1S/C19H18N4O2S2/c26-19-23(21-17(25-19)15-7-4-10-24-15)12-22-9-3-5-13(11-22)18-20-14-6-1-2-8-16(14)27-18/h1-2,4,6-8,10,13H,3,5,9,11-12H2/t13-/m0/s1. The average molecular weight is 399 g/mol. The van der Waals surface area contributed by atoms with E-state index in [1.807, 2.05) is 12.1 Å². The number of furan rings is 1. The molecule has 1 aliphatic heterocycles. The summed E-state index contributed by atoms with van der Waals surface area (Å²) in [4.78, 5) is 7.58. The fourth-order valence-electron chi connectivity index (χ4n) is 3.54. The van der Waals surface area contributed by atoms with Crippen molar-refractivity contribution in [2.75, 3.05) is 13.1 Å². The Morgan fingerprint density at radius 2 is 2.15 bits per heavy atom. The van der Waals surface area contributed by atoms with E-state index in [0.29, 0.717) is 29.1 Å². The van der Waals surface area contributed by atoms with Gasteiger partial charge >= 0.3 is 0 Å². The first-order valence-corrected chi connectivity index (χ1v) is 10.2. The number of rotatable bonds is 4. The number of hydrogen-bond donors (Lipinski definition) is 0. The number of nitrogens with zero attached hydrogens (tertiary/aromatic N) is 4. The van der Waals surface area contributed by atoms with Gasteiger partial charge in [0.15, 0.2) is 5.76 Å². The molecule has 5 rings (SSSR count). The summed E-state index contributed by atoms with van der Waals surface area (Å²) in [6, 6.07) is 12.0. The van der Waals surface area contributed by atoms with Crippen molar-refractivity contribution in [2.45, 2.75) is 25.4 Å². The number of para-hydroxylation sites is 1. The molecule has 4 aromatic rings. The molecule has 3 aromatic heterocycles. The van der Waals surface area contributed by atoms with Gasteiger partial charge in [-0.25, -0.2) is 9.67 Å². The molecule has 1 atom stereocenters. The predicted octanol–water partition coefficient (Wildman–Crippen LogP) is 4.91. The van der Waals surface area contributed by atoms with E-state index in [0.717, 1.165) is 31.4 Å². The second kappa shape index (κ2) is 7.03. The van der Waals surface area contributed by atoms with Crippen LogP contribution in [-0.2, 0) is 6.67 Å². The van der Waals surface area contributed by atoms with Crippen molar-refractivity contribution in [3.8, 4) is 11.7 Å². The van der Waals surface area contributed by atoms with Crippen molar-refractivity contribution < 1.29 is 8.83 Å². The molecule has 8 heteroatoms. The third kappa shape index (κ3) is 3.36. The van der Waals surface area contributed by atoms with Crippen LogP contribution in [0, 0.1) is 4.84 Å². The molecular weight excluding hydrogens is 380 g/mol. The predicted molar refractivity (Wildman–Crippen MR) is 106 cm³/mol. The lowest BCUT2D eigenvalue weighted by Crippen LogP contribution is -2.36. The van der Waals surface area contributed by atoms with Crippen LogP contribution in [0.15, 0.2) is 51.5 Å². The minimum atomic E-state index is 0.364. The first-order chi connectivity index (χ1) is 13.3. The van der Waals surface area contributed by atoms with E-state index in [9.17, 15) is 0 Å². The van der Waals surface area contributed by atoms with E-state index < -0.39 is 0 Å². The molecule has 0 spiro atoms. The van der Waals surface area contributed by atoms with Crippen LogP contribution in [-0.4, -0.2) is 32.8 Å². The van der Waals surface area contributed by atoms with Crippen molar-refractivity contribution in [3.05, 3.63) is 52.5 Å². The van der Waals surface area contributed by atoms with Gasteiger partial charge in [-0.1, -0.05) is 12.1 Å². The summed E-state index contributed by atoms with van der Waals surface area (Å²) < 4.78 is 13.9. The van der Waals surface area contributed by atoms with Gasteiger partial charge in [-0.15, -0.1) is 16.4 Å². The summed E-state index contributed by atoms with van der Waals surface area (Å²) in [6.07, 6.45) is 3.90. The maximum atomic E-state index is 5.59. The molecule has 1 aromatic carbocycles. The molecule has 0 bridgehead atoms. The van der Waals surface area contributed by atoms with Crippen LogP contribution >= 0.6 is 23.6 Å². The number of hydrogen-bond acceptors (Lipinski definition) is 7. The molecule has 138 valence electrons. The molecule has 0 saturated carbocycles. The summed E-state index contributed by atoms with van der Waals surface area (Å²) >= 11 is 7.14. The molecule has 6 nitrogen and oxygen atoms in total. The van der Waals surface area contributed by atoms with Crippen LogP contribution in [0.2, 0.25) is 0 Å². The third-order valence-electron chi connectivity index (χ3n) is 4.84. The largest absolute Gasteiger partial charge is 0.459 e. The Bertz CT molecular complexity index is 1080. The smallest absolute Gasteiger partial charge is 0.288 e. The number of thiazole rings is 1. The van der Waals surface area contributed by atoms with Gasteiger partial charge in [0.1, 0.15) is 0 Å². The maximum Gasteiger partial charge on any atom is 0.288 e. The number of likely N-dealkylation sites (tertiary alicyclic amines) is 1. The van der Waals surface area contributed by atoms with E-state index in [-0.39, 0.29) is 0 Å². The van der Waals surface area contributed by atoms with Gasteiger partial charge in [0, 0.05) is 12.5 Å². The highest BCUT2D eigenvalue weighted by atomic mass is 32.1. The second-order valence-electron chi connectivity index (χ2n) is 6.73. The maximum absolute atomic E-state index is 5.59. The summed E-state index contributed by atoms with van der Waals surface area (Å²) in [5, 5.41) is 5.70. The van der Waals surface area contributed by atoms with Crippen LogP contribution in [0.1, 0.15) is 23.8 Å². The topological polar surface area (TPSA) is 60.2 Å². The summed E-state index contributed by atoms with van der Waals surface area (Å²) in [7, 11) is 0. The van der Waals surface area contributed by atoms with E-state index in [1.54, 1.807) is 28.3 Å². The highest BCUT2D eigenvalue weighted by Gasteiger charge is 2.25. The summed E-state index contributed by atoms with van der Waals surface area (Å²) in [5.41, 5.74) is 1.09. The van der Waals surface area contributed by atoms with Gasteiger partial charge in [0.25, 0.3) is 10.7 Å². The Morgan fingerprint density at radius 1 is 1.22 bits per heavy atom. The lowest BCUT2D eigenvalue weighted by Gasteiger charge is -2.31. The van der Waals surface area contributed by atoms with Gasteiger partial charge in [-0.3, -0.25) is 4.90 Å². The fraction of sp³-hybridized carbons (Fsp3) is 0.316. The van der Waals surface area contributed by atoms with Crippen LogP contribution in [0.4, 0.5) is 0 Å². The van der Waals surface area contributed by atoms with Crippen molar-refractivity contribution in [1.29, 1.82) is 0 Å². The molecule has 0 radical (unpaired) electrons. The zero-order chi connectivity index (χ0) is 18.2. The number of aromatic nitrogens is 3. The molecule has 1 aliphatic rings. The van der Waals surface area contributed by atoms with Crippen LogP contribution in [0.5, 0.6) is 0 Å². The van der Waals surface area contributed by atoms with Crippen LogP contribution in [0.25, 0.3) is 21.9 Å². The molecular formula is C19H18N4O2S2. The summed E-state index contributed by atoms with van der Waals surface area (Å²) in [5.74, 6) is 1.46. The monoisotopic (exact) mass is 398 g/mol. The van der Waals surface area contributed by atoms with Gasteiger partial charge < -0.3 is 8.83 Å². The fourth-order valence-corrected chi connectivity index (χ4v) is 4.81. The van der Waals surface area contributed by atoms with E-state index in [2.05, 4.69) is 28.2 Å². The Morgan fingerprint density at radius 3 is 3.00 bits per heavy atom. The SMILES string of the molecule is S=c1oc(-c2ccco2)nn1CN1CCC[C@H](c2nc3ccccc3s2)C1. The number of piperidine rings is 1. The highest BCUT2D eigenvalue weighted by Crippen LogP contribution is 2.33. The van der Waals surface area contributed by atoms with Crippen molar-refractivity contribution in [2.24, 2.45) is 0 Å². The van der Waals surface area contributed by atoms with Gasteiger partial charge in [-0.2, -0.15) is 0 Å². The van der Waals surface area contributed by atoms with Gasteiger partial charge in [0.2, 0.25) is 0 Å². The molecule has 0 aliphatic carbocycles. The molecule has 0 unspecified atom stereocenters. The van der Waals surface area contributed by atoms with Crippen molar-refractivity contribution in [3.63, 3.8) is 0 Å². The van der Waals surface area contributed by atoms with Crippen molar-refractivity contribution in [1.82, 2.24) is 19.7 Å². The van der Waals surface area contributed by atoms with Crippen molar-refractivity contribution >= 4 is 33.8 Å². The molecule has 27 heavy (non-hydrogen) atoms. The normalized spacial score (nSPS) is 18.3. The Hall–Kier alpha value is -2.29. The Kier molecular flexibility index (Phi) is 4.39. The van der Waals surface area contributed by atoms with E-state index in [4.69, 9.17) is 26.0 Å². The third-order valence-corrected chi connectivity index (χ3v) is 6.33. The Balaban J connectivity index is 1.33. The Labute approximate surface area is 165 Å². The van der Waals surface area contributed by atoms with Crippen LogP contribution < -0.4 is 0 Å². The first-order valence-electron chi connectivity index (χ1n) is 8.96. The molecule has 1 fully saturated rings. The first kappa shape index (κ1) is 16.9. The van der Waals surface area contributed by atoms with Gasteiger partial charge in [-0.05, 0) is 55.9 Å². The number of benzene rings is 1. The minimum absolute atomic E-state index is 0.364. The molecule has 0 N–H and O–H groups in total. The molecule has 4 heterocycles. The quantitative estimate of drug-likeness (QED) is 0.455. The summed E-state index contributed by atoms with van der Waals surface area (Å²) in [6.45, 7) is 2.58. The van der Waals surface area contributed by atoms with Gasteiger partial charge in [0.05, 0.1) is 28.2 Å². The lowest BCUT2D eigenvalue weighted by atomic mass is 9.99. The number of fused-ring (bicyclic) bond motifs is 1. The van der Waals surface area contributed by atoms with E-state index >= 15 is 0 Å². The zero-order valence-electron chi connectivity index (χ0n) is 14.6. The van der Waals surface area contributed by atoms with E-state index in [1.165, 1.54) is 9.71 Å². The highest BCUT2D eigenvalue weighted by molar-refractivity contribution is 7.71. The van der Waals surface area contributed by atoms with Crippen LogP contribution in [0.3, 0.4) is 0 Å². The molecule has 1 saturated heterocycles. The zero-order valence-corrected chi connectivity index (χ0v) is 16.2. The molecule has 0 amide bonds. The lowest BCUT2D eigenvalue weighted by molar-refractivity contribution is 0.155. The second-order valence-corrected chi connectivity index (χ2v) is 8.14. The minimum Gasteiger partial charge on any atom is -0.459 e. The average Bonchev–Trinajstić information content (AvgIpc) is 3.42.